The third-order valence-corrected chi connectivity index (χ3v) is 3.14. The molecule has 1 amide bonds. The van der Waals surface area contributed by atoms with Crippen LogP contribution in [-0.2, 0) is 10.3 Å². The van der Waals surface area contributed by atoms with Crippen LogP contribution >= 0.6 is 11.6 Å². The first kappa shape index (κ1) is 17.5. The molecule has 0 aliphatic rings. The number of hydrogen-bond donors (Lipinski definition) is 3. The molecule has 6 nitrogen and oxygen atoms in total. The molecule has 0 fully saturated rings. The molecule has 0 aliphatic carbocycles. The van der Waals surface area contributed by atoms with Crippen LogP contribution in [0.1, 0.15) is 39.7 Å². The van der Waals surface area contributed by atoms with Crippen molar-refractivity contribution in [3.05, 3.63) is 23.0 Å². The fourth-order valence-corrected chi connectivity index (χ4v) is 2.05. The number of alkyl carbamates (subject to hydrolysis) is 1. The van der Waals surface area contributed by atoms with E-state index in [4.69, 9.17) is 16.3 Å². The Labute approximate surface area is 129 Å². The van der Waals surface area contributed by atoms with Crippen molar-refractivity contribution in [2.75, 3.05) is 6.61 Å². The van der Waals surface area contributed by atoms with E-state index >= 15 is 0 Å². The third-order valence-electron chi connectivity index (χ3n) is 2.86. The summed E-state index contributed by atoms with van der Waals surface area (Å²) < 4.78 is 5.21. The second-order valence-electron chi connectivity index (χ2n) is 5.93. The van der Waals surface area contributed by atoms with E-state index in [0.717, 1.165) is 0 Å². The maximum absolute atomic E-state index is 12.0. The van der Waals surface area contributed by atoms with Crippen LogP contribution < -0.4 is 5.32 Å². The Bertz CT molecular complexity index is 516. The van der Waals surface area contributed by atoms with Crippen LogP contribution in [0.5, 0.6) is 5.75 Å². The highest BCUT2D eigenvalue weighted by Gasteiger charge is 2.33. The van der Waals surface area contributed by atoms with Gasteiger partial charge in [0.05, 0.1) is 5.54 Å². The second kappa shape index (κ2) is 6.49. The summed E-state index contributed by atoms with van der Waals surface area (Å²) in [7, 11) is 0. The summed E-state index contributed by atoms with van der Waals surface area (Å²) in [5.41, 5.74) is -1.32. The highest BCUT2D eigenvalue weighted by Crippen LogP contribution is 2.35. The number of carbonyl (C=O) groups is 1. The lowest BCUT2D eigenvalue weighted by Gasteiger charge is -2.32. The van der Waals surface area contributed by atoms with Crippen molar-refractivity contribution in [2.24, 2.45) is 0 Å². The summed E-state index contributed by atoms with van der Waals surface area (Å²) >= 11 is 5.80. The summed E-state index contributed by atoms with van der Waals surface area (Å²) in [4.78, 5) is 15.7. The molecule has 0 bridgehead atoms. The first-order valence-corrected chi connectivity index (χ1v) is 6.93. The number of aromatic hydroxyl groups is 1. The van der Waals surface area contributed by atoms with Gasteiger partial charge in [0.15, 0.2) is 10.9 Å². The Hall–Kier alpha value is -1.53. The number of amides is 1. The van der Waals surface area contributed by atoms with E-state index < -0.39 is 17.2 Å². The highest BCUT2D eigenvalue weighted by atomic mass is 35.5. The van der Waals surface area contributed by atoms with Gasteiger partial charge in [0.1, 0.15) is 5.60 Å². The number of pyridine rings is 1. The Morgan fingerprint density at radius 3 is 2.57 bits per heavy atom. The minimum Gasteiger partial charge on any atom is -0.504 e. The monoisotopic (exact) mass is 316 g/mol. The number of aromatic nitrogens is 1. The van der Waals surface area contributed by atoms with E-state index in [1.165, 1.54) is 12.3 Å². The van der Waals surface area contributed by atoms with Crippen molar-refractivity contribution in [2.45, 2.75) is 45.3 Å². The molecular formula is C14H21ClN2O4. The molecule has 21 heavy (non-hydrogen) atoms. The predicted octanol–water partition coefficient (Wildman–Crippen LogP) is 2.56. The number of halogens is 1. The van der Waals surface area contributed by atoms with Gasteiger partial charge >= 0.3 is 6.09 Å². The molecule has 1 rings (SSSR count). The van der Waals surface area contributed by atoms with Gasteiger partial charge in [0.2, 0.25) is 0 Å². The number of aliphatic hydroxyl groups excluding tert-OH is 1. The summed E-state index contributed by atoms with van der Waals surface area (Å²) in [6.07, 6.45) is 0.954. The lowest BCUT2D eigenvalue weighted by molar-refractivity contribution is 0.0443. The highest BCUT2D eigenvalue weighted by molar-refractivity contribution is 6.30. The van der Waals surface area contributed by atoms with Crippen molar-refractivity contribution in [3.63, 3.8) is 0 Å². The molecule has 0 aromatic carbocycles. The lowest BCUT2D eigenvalue weighted by Crippen LogP contribution is -2.46. The average molecular weight is 317 g/mol. The number of aliphatic hydroxyl groups is 1. The first-order valence-electron chi connectivity index (χ1n) is 6.55. The molecule has 1 aromatic rings. The van der Waals surface area contributed by atoms with Crippen molar-refractivity contribution in [1.82, 2.24) is 10.3 Å². The maximum Gasteiger partial charge on any atom is 0.408 e. The molecule has 3 N–H and O–H groups in total. The Balaban J connectivity index is 3.08. The molecule has 0 saturated carbocycles. The van der Waals surface area contributed by atoms with E-state index in [1.807, 2.05) is 0 Å². The van der Waals surface area contributed by atoms with Gasteiger partial charge in [0, 0.05) is 18.4 Å². The minimum absolute atomic E-state index is 0.0670. The van der Waals surface area contributed by atoms with Crippen LogP contribution in [0.4, 0.5) is 4.79 Å². The number of ether oxygens (including phenoxy) is 1. The number of nitrogens with zero attached hydrogens (tertiary/aromatic N) is 1. The Kier molecular flexibility index (Phi) is 5.42. The molecule has 1 heterocycles. The van der Waals surface area contributed by atoms with E-state index in [9.17, 15) is 15.0 Å². The summed E-state index contributed by atoms with van der Waals surface area (Å²) in [6, 6.07) is 1.54. The zero-order valence-corrected chi connectivity index (χ0v) is 13.4. The van der Waals surface area contributed by atoms with E-state index in [0.29, 0.717) is 5.56 Å². The second-order valence-corrected chi connectivity index (χ2v) is 6.29. The quantitative estimate of drug-likeness (QED) is 0.742. The molecule has 118 valence electrons. The molecule has 1 aromatic heterocycles. The number of nitrogens with one attached hydrogen (secondary N) is 1. The van der Waals surface area contributed by atoms with E-state index in [-0.39, 0.29) is 23.9 Å². The van der Waals surface area contributed by atoms with Gasteiger partial charge in [-0.25, -0.2) is 9.78 Å². The smallest absolute Gasteiger partial charge is 0.408 e. The van der Waals surface area contributed by atoms with Gasteiger partial charge in [-0.15, -0.1) is 0 Å². The topological polar surface area (TPSA) is 91.7 Å². The fraction of sp³-hybridized carbons (Fsp3) is 0.571. The molecular weight excluding hydrogens is 296 g/mol. The Morgan fingerprint density at radius 2 is 2.05 bits per heavy atom. The fourth-order valence-electron chi connectivity index (χ4n) is 1.89. The minimum atomic E-state index is -1.03. The molecule has 0 radical (unpaired) electrons. The average Bonchev–Trinajstić information content (AvgIpc) is 2.29. The van der Waals surface area contributed by atoms with Gasteiger partial charge in [-0.3, -0.25) is 0 Å². The zero-order valence-electron chi connectivity index (χ0n) is 12.6. The molecule has 7 heteroatoms. The predicted molar refractivity (Wildman–Crippen MR) is 79.3 cm³/mol. The first-order chi connectivity index (χ1) is 9.59. The van der Waals surface area contributed by atoms with Gasteiger partial charge in [0.25, 0.3) is 0 Å². The van der Waals surface area contributed by atoms with Gasteiger partial charge in [-0.2, -0.15) is 0 Å². The van der Waals surface area contributed by atoms with Gasteiger partial charge in [-0.1, -0.05) is 11.6 Å². The van der Waals surface area contributed by atoms with Crippen LogP contribution in [0, 0.1) is 0 Å². The maximum atomic E-state index is 12.0. The molecule has 1 atom stereocenters. The van der Waals surface area contributed by atoms with Crippen LogP contribution in [0.15, 0.2) is 12.3 Å². The van der Waals surface area contributed by atoms with Crippen molar-refractivity contribution in [3.8, 4) is 5.75 Å². The van der Waals surface area contributed by atoms with Crippen molar-refractivity contribution >= 4 is 17.7 Å². The summed E-state index contributed by atoms with van der Waals surface area (Å²) in [5, 5.41) is 21.9. The molecule has 0 unspecified atom stereocenters. The van der Waals surface area contributed by atoms with Gasteiger partial charge in [-0.05, 0) is 40.2 Å². The molecule has 0 spiro atoms. The van der Waals surface area contributed by atoms with Crippen LogP contribution in [-0.4, -0.2) is 33.5 Å². The molecule has 0 aliphatic heterocycles. The Morgan fingerprint density at radius 1 is 1.43 bits per heavy atom. The number of rotatable bonds is 4. The van der Waals surface area contributed by atoms with Crippen molar-refractivity contribution in [1.29, 1.82) is 0 Å². The molecule has 0 saturated heterocycles. The standard InChI is InChI=1S/C14H21ClN2O4/c1-13(2,3)21-12(20)17-14(4,6-8-18)9-5-7-16-11(15)10(9)19/h5,7,18-19H,6,8H2,1-4H3,(H,17,20)/t14-/m0/s1. The number of hydrogen-bond acceptors (Lipinski definition) is 5. The summed E-state index contributed by atoms with van der Waals surface area (Å²) in [5.74, 6) is -0.230. The van der Waals surface area contributed by atoms with Crippen LogP contribution in [0.3, 0.4) is 0 Å². The van der Waals surface area contributed by atoms with Gasteiger partial charge < -0.3 is 20.3 Å². The third kappa shape index (κ3) is 4.75. The summed E-state index contributed by atoms with van der Waals surface area (Å²) in [6.45, 7) is 6.72. The SMILES string of the molecule is CC(C)(C)OC(=O)N[C@@](C)(CCO)c1ccnc(Cl)c1O. The number of carbonyl (C=O) groups excluding carboxylic acids is 1. The lowest BCUT2D eigenvalue weighted by atomic mass is 9.89. The van der Waals surface area contributed by atoms with E-state index in [1.54, 1.807) is 27.7 Å². The zero-order chi connectivity index (χ0) is 16.3. The van der Waals surface area contributed by atoms with Crippen LogP contribution in [0.2, 0.25) is 5.15 Å². The van der Waals surface area contributed by atoms with E-state index in [2.05, 4.69) is 10.3 Å². The normalized spacial score (nSPS) is 14.4. The van der Waals surface area contributed by atoms with Crippen molar-refractivity contribution < 1.29 is 19.7 Å². The van der Waals surface area contributed by atoms with Crippen LogP contribution in [0.25, 0.3) is 0 Å². The largest absolute Gasteiger partial charge is 0.504 e.